The van der Waals surface area contributed by atoms with E-state index in [9.17, 15) is 13.6 Å². The number of halogens is 3. The van der Waals surface area contributed by atoms with Gasteiger partial charge < -0.3 is 10.6 Å². The molecule has 0 saturated heterocycles. The first-order valence-corrected chi connectivity index (χ1v) is 5.93. The van der Waals surface area contributed by atoms with Crippen molar-refractivity contribution in [1.82, 2.24) is 5.32 Å². The molecule has 17 heavy (non-hydrogen) atoms. The predicted molar refractivity (Wildman–Crippen MR) is 65.8 cm³/mol. The fourth-order valence-corrected chi connectivity index (χ4v) is 1.81. The Labute approximate surface area is 107 Å². The number of nitrogens with one attached hydrogen (secondary N) is 2. The minimum atomic E-state index is -0.743. The van der Waals surface area contributed by atoms with Crippen molar-refractivity contribution >= 4 is 27.5 Å². The summed E-state index contributed by atoms with van der Waals surface area (Å²) in [5.41, 5.74) is 0.0742. The summed E-state index contributed by atoms with van der Waals surface area (Å²) in [6.45, 7) is 3.89. The minimum absolute atomic E-state index is 0.0742. The van der Waals surface area contributed by atoms with E-state index in [0.29, 0.717) is 6.54 Å². The van der Waals surface area contributed by atoms with Crippen LogP contribution in [0.2, 0.25) is 0 Å². The van der Waals surface area contributed by atoms with Crippen LogP contribution in [0.4, 0.5) is 14.5 Å². The molecule has 0 aromatic heterocycles. The molecule has 1 amide bonds. The molecular formula is C11H13BrF2N2O. The minimum Gasteiger partial charge on any atom is -0.371 e. The zero-order valence-electron chi connectivity index (χ0n) is 9.48. The van der Waals surface area contributed by atoms with Crippen molar-refractivity contribution in [3.8, 4) is 0 Å². The Kier molecular flexibility index (Phi) is 4.86. The van der Waals surface area contributed by atoms with Crippen molar-refractivity contribution in [3.05, 3.63) is 28.2 Å². The van der Waals surface area contributed by atoms with Crippen molar-refractivity contribution in [2.24, 2.45) is 0 Å². The molecular weight excluding hydrogens is 294 g/mol. The highest BCUT2D eigenvalue weighted by Gasteiger charge is 2.16. The number of hydrogen-bond acceptors (Lipinski definition) is 2. The summed E-state index contributed by atoms with van der Waals surface area (Å²) >= 11 is 3.04. The van der Waals surface area contributed by atoms with Gasteiger partial charge in [0.05, 0.1) is 5.69 Å². The van der Waals surface area contributed by atoms with E-state index in [1.54, 1.807) is 13.8 Å². The van der Waals surface area contributed by atoms with Crippen molar-refractivity contribution in [2.75, 3.05) is 11.9 Å². The quantitative estimate of drug-likeness (QED) is 0.898. The van der Waals surface area contributed by atoms with Gasteiger partial charge in [-0.05, 0) is 35.8 Å². The Morgan fingerprint density at radius 1 is 1.47 bits per heavy atom. The smallest absolute Gasteiger partial charge is 0.242 e. The first-order valence-electron chi connectivity index (χ1n) is 5.14. The number of benzene rings is 1. The van der Waals surface area contributed by atoms with Crippen molar-refractivity contribution in [3.63, 3.8) is 0 Å². The van der Waals surface area contributed by atoms with Crippen LogP contribution >= 0.6 is 15.9 Å². The SMILES string of the molecule is CCNC(=O)C(C)Nc1c(F)cc(F)cc1Br. The van der Waals surface area contributed by atoms with Crippen LogP contribution in [0.15, 0.2) is 16.6 Å². The van der Waals surface area contributed by atoms with E-state index in [2.05, 4.69) is 26.6 Å². The van der Waals surface area contributed by atoms with E-state index in [-0.39, 0.29) is 16.1 Å². The predicted octanol–water partition coefficient (Wildman–Crippen LogP) is 2.66. The maximum atomic E-state index is 13.5. The third-order valence-electron chi connectivity index (χ3n) is 2.11. The maximum Gasteiger partial charge on any atom is 0.242 e. The third-order valence-corrected chi connectivity index (χ3v) is 2.74. The lowest BCUT2D eigenvalue weighted by atomic mass is 10.2. The number of anilines is 1. The van der Waals surface area contributed by atoms with Crippen LogP contribution < -0.4 is 10.6 Å². The van der Waals surface area contributed by atoms with Crippen LogP contribution in [0, 0.1) is 11.6 Å². The average molecular weight is 307 g/mol. The molecule has 0 aliphatic heterocycles. The molecule has 0 saturated carbocycles. The summed E-state index contributed by atoms with van der Waals surface area (Å²) < 4.78 is 26.5. The van der Waals surface area contributed by atoms with Crippen LogP contribution in [0.25, 0.3) is 0 Å². The summed E-state index contributed by atoms with van der Waals surface area (Å²) in [6.07, 6.45) is 0. The van der Waals surface area contributed by atoms with Crippen molar-refractivity contribution in [2.45, 2.75) is 19.9 Å². The molecule has 0 spiro atoms. The fourth-order valence-electron chi connectivity index (χ4n) is 1.29. The van der Waals surface area contributed by atoms with Crippen LogP contribution in [0.5, 0.6) is 0 Å². The number of carbonyl (C=O) groups excluding carboxylic acids is 1. The zero-order valence-corrected chi connectivity index (χ0v) is 11.1. The summed E-state index contributed by atoms with van der Waals surface area (Å²) in [7, 11) is 0. The molecule has 2 N–H and O–H groups in total. The Balaban J connectivity index is 2.85. The monoisotopic (exact) mass is 306 g/mol. The van der Waals surface area contributed by atoms with Crippen LogP contribution in [0.3, 0.4) is 0 Å². The summed E-state index contributed by atoms with van der Waals surface area (Å²) in [5.74, 6) is -1.67. The van der Waals surface area contributed by atoms with Gasteiger partial charge in [-0.3, -0.25) is 4.79 Å². The highest BCUT2D eigenvalue weighted by molar-refractivity contribution is 9.10. The van der Waals surface area contributed by atoms with Crippen molar-refractivity contribution in [1.29, 1.82) is 0 Å². The topological polar surface area (TPSA) is 41.1 Å². The molecule has 1 aromatic carbocycles. The summed E-state index contributed by atoms with van der Waals surface area (Å²) in [5, 5.41) is 5.29. The van der Waals surface area contributed by atoms with E-state index in [4.69, 9.17) is 0 Å². The largest absolute Gasteiger partial charge is 0.371 e. The first-order chi connectivity index (χ1) is 7.95. The van der Waals surface area contributed by atoms with Gasteiger partial charge in [-0.2, -0.15) is 0 Å². The standard InChI is InChI=1S/C11H13BrF2N2O/c1-3-15-11(17)6(2)16-10-8(12)4-7(13)5-9(10)14/h4-6,16H,3H2,1-2H3,(H,15,17). The molecule has 1 aromatic rings. The molecule has 0 heterocycles. The van der Waals surface area contributed by atoms with Gasteiger partial charge in [0, 0.05) is 17.1 Å². The summed E-state index contributed by atoms with van der Waals surface area (Å²) in [6, 6.07) is 1.29. The molecule has 0 bridgehead atoms. The molecule has 0 fully saturated rings. The lowest BCUT2D eigenvalue weighted by molar-refractivity contribution is -0.121. The summed E-state index contributed by atoms with van der Waals surface area (Å²) in [4.78, 5) is 11.5. The Hall–Kier alpha value is -1.17. The second kappa shape index (κ2) is 5.95. The number of rotatable bonds is 4. The highest BCUT2D eigenvalue weighted by Crippen LogP contribution is 2.27. The zero-order chi connectivity index (χ0) is 13.0. The van der Waals surface area contributed by atoms with Gasteiger partial charge in [0.25, 0.3) is 0 Å². The Morgan fingerprint density at radius 3 is 2.65 bits per heavy atom. The molecule has 1 atom stereocenters. The molecule has 0 radical (unpaired) electrons. The van der Waals surface area contributed by atoms with Crippen molar-refractivity contribution < 1.29 is 13.6 Å². The van der Waals surface area contributed by atoms with E-state index in [0.717, 1.165) is 12.1 Å². The van der Waals surface area contributed by atoms with Gasteiger partial charge in [0.15, 0.2) is 0 Å². The molecule has 1 rings (SSSR count). The second-order valence-corrected chi connectivity index (χ2v) is 4.36. The van der Waals surface area contributed by atoms with Gasteiger partial charge in [-0.25, -0.2) is 8.78 Å². The van der Waals surface area contributed by atoms with Gasteiger partial charge in [-0.15, -0.1) is 0 Å². The molecule has 0 aliphatic carbocycles. The lowest BCUT2D eigenvalue weighted by Gasteiger charge is -2.16. The molecule has 0 aliphatic rings. The van der Waals surface area contributed by atoms with Gasteiger partial charge in [0.2, 0.25) is 5.91 Å². The van der Waals surface area contributed by atoms with E-state index < -0.39 is 17.7 Å². The second-order valence-electron chi connectivity index (χ2n) is 3.51. The lowest BCUT2D eigenvalue weighted by Crippen LogP contribution is -2.37. The Bertz CT molecular complexity index is 403. The molecule has 94 valence electrons. The molecule has 6 heteroatoms. The van der Waals surface area contributed by atoms with Gasteiger partial charge in [-0.1, -0.05) is 0 Å². The normalized spacial score (nSPS) is 12.1. The van der Waals surface area contributed by atoms with E-state index in [1.807, 2.05) is 0 Å². The highest BCUT2D eigenvalue weighted by atomic mass is 79.9. The first kappa shape index (κ1) is 13.9. The van der Waals surface area contributed by atoms with E-state index in [1.165, 1.54) is 0 Å². The third kappa shape index (κ3) is 3.66. The molecule has 3 nitrogen and oxygen atoms in total. The number of likely N-dealkylation sites (N-methyl/N-ethyl adjacent to an activating group) is 1. The maximum absolute atomic E-state index is 13.5. The van der Waals surface area contributed by atoms with Crippen LogP contribution in [-0.2, 0) is 4.79 Å². The fraction of sp³-hybridized carbons (Fsp3) is 0.364. The number of hydrogen-bond donors (Lipinski definition) is 2. The van der Waals surface area contributed by atoms with E-state index >= 15 is 0 Å². The van der Waals surface area contributed by atoms with Crippen LogP contribution in [0.1, 0.15) is 13.8 Å². The molecule has 1 unspecified atom stereocenters. The van der Waals surface area contributed by atoms with Crippen LogP contribution in [-0.4, -0.2) is 18.5 Å². The number of carbonyl (C=O) groups is 1. The average Bonchev–Trinajstić information content (AvgIpc) is 2.23. The van der Waals surface area contributed by atoms with Gasteiger partial charge >= 0.3 is 0 Å². The number of amides is 1. The van der Waals surface area contributed by atoms with Gasteiger partial charge in [0.1, 0.15) is 17.7 Å². The Morgan fingerprint density at radius 2 is 2.12 bits per heavy atom.